The van der Waals surface area contributed by atoms with E-state index in [1.807, 2.05) is 20.8 Å². The summed E-state index contributed by atoms with van der Waals surface area (Å²) in [6.07, 6.45) is 0. The third-order valence-electron chi connectivity index (χ3n) is 3.38. The van der Waals surface area contributed by atoms with Gasteiger partial charge in [-0.15, -0.1) is 0 Å². The second kappa shape index (κ2) is 9.48. The summed E-state index contributed by atoms with van der Waals surface area (Å²) in [5.74, 6) is 0. The van der Waals surface area contributed by atoms with Crippen molar-refractivity contribution in [3.05, 3.63) is 0 Å². The fourth-order valence-corrected chi connectivity index (χ4v) is 2.78. The predicted molar refractivity (Wildman–Crippen MR) is 99.5 cm³/mol. The minimum Gasteiger partial charge on any atom is -0.313 e. The van der Waals surface area contributed by atoms with Crippen LogP contribution < -0.4 is 0 Å². The van der Waals surface area contributed by atoms with Gasteiger partial charge in [-0.2, -0.15) is 0 Å². The van der Waals surface area contributed by atoms with Gasteiger partial charge in [-0.05, 0) is 56.3 Å². The highest BCUT2D eigenvalue weighted by Crippen LogP contribution is 2.20. The molecule has 0 N–H and O–H groups in total. The molecule has 108 valence electrons. The van der Waals surface area contributed by atoms with Crippen molar-refractivity contribution in [1.82, 2.24) is 14.2 Å². The topological polar surface area (TPSA) is 46.8 Å². The molecule has 1 heterocycles. The monoisotopic (exact) mass is 336 g/mol. The summed E-state index contributed by atoms with van der Waals surface area (Å²) in [7, 11) is -0.932. The van der Waals surface area contributed by atoms with Gasteiger partial charge >= 0.3 is 21.4 Å². The van der Waals surface area contributed by atoms with E-state index >= 15 is 0 Å². The summed E-state index contributed by atoms with van der Waals surface area (Å²) in [5.41, 5.74) is 0. The molecular weight excluding hydrogens is 321 g/mol. The molecule has 0 saturated carbocycles. The number of hydrogen-bond acceptors (Lipinski definition) is 9. The van der Waals surface area contributed by atoms with Gasteiger partial charge in [0.15, 0.2) is 0 Å². The molecule has 0 aliphatic carbocycles. The number of hydrogen-bond donors (Lipinski definition) is 0. The highest BCUT2D eigenvalue weighted by Gasteiger charge is 2.53. The van der Waals surface area contributed by atoms with Gasteiger partial charge in [0.2, 0.25) is 0 Å². The molecule has 0 aromatic heterocycles. The van der Waals surface area contributed by atoms with E-state index in [2.05, 4.69) is 44.4 Å². The van der Waals surface area contributed by atoms with Crippen LogP contribution in [0.1, 0.15) is 20.8 Å². The Bertz CT molecular complexity index is 420. The van der Waals surface area contributed by atoms with Gasteiger partial charge in [-0.1, -0.05) is 20.8 Å². The lowest BCUT2D eigenvalue weighted by atomic mass is 9.57. The third-order valence-corrected chi connectivity index (χ3v) is 3.70. The van der Waals surface area contributed by atoms with E-state index in [1.54, 1.807) is 0 Å². The lowest BCUT2D eigenvalue weighted by Crippen LogP contribution is -2.76. The van der Waals surface area contributed by atoms with E-state index in [0.29, 0.717) is 0 Å². The summed E-state index contributed by atoms with van der Waals surface area (Å²) in [6.45, 7) is 8.25. The van der Waals surface area contributed by atoms with E-state index < -0.39 is 0 Å². The molecule has 12 heteroatoms. The fraction of sp³-hybridized carbons (Fsp3) is 0.667. The van der Waals surface area contributed by atoms with Crippen molar-refractivity contribution in [2.45, 2.75) is 20.8 Å². The van der Waals surface area contributed by atoms with E-state index in [4.69, 9.17) is 36.7 Å². The maximum atomic E-state index is 4.78. The number of thiocarbonyl (C=S) groups is 3. The second-order valence-corrected chi connectivity index (χ2v) is 4.74. The molecule has 0 bridgehead atoms. The lowest BCUT2D eigenvalue weighted by Gasteiger charge is -2.46. The van der Waals surface area contributed by atoms with Crippen molar-refractivity contribution in [1.29, 1.82) is 0 Å². The van der Waals surface area contributed by atoms with Crippen LogP contribution in [-0.4, -0.2) is 70.6 Å². The molecule has 0 radical (unpaired) electrons. The minimum atomic E-state index is -0.311. The van der Waals surface area contributed by atoms with Gasteiger partial charge in [0.05, 0.1) is 0 Å². The van der Waals surface area contributed by atoms with Gasteiger partial charge in [0, 0.05) is 15.5 Å². The molecule has 1 rings (SSSR count). The Kier molecular flexibility index (Phi) is 8.37. The largest absolute Gasteiger partial charge is 0.448 e. The molecule has 1 aliphatic rings. The first-order valence-corrected chi connectivity index (χ1v) is 7.90. The quantitative estimate of drug-likeness (QED) is 0.413. The predicted octanol–water partition coefficient (Wildman–Crippen LogP) is 1.23. The van der Waals surface area contributed by atoms with Crippen LogP contribution >= 0.6 is 36.7 Å². The molecule has 1 fully saturated rings. The van der Waals surface area contributed by atoms with Crippen LogP contribution in [0.25, 0.3) is 0 Å². The molecule has 0 aromatic rings. The molecule has 6 nitrogen and oxygen atoms in total. The Morgan fingerprint density at radius 1 is 0.667 bits per heavy atom. The molecule has 0 amide bonds. The van der Waals surface area contributed by atoms with Crippen LogP contribution in [0, 0.1) is 0 Å². The molecule has 1 saturated heterocycles. The average molecular weight is 336 g/mol. The van der Waals surface area contributed by atoms with Gasteiger partial charge < -0.3 is 14.2 Å². The zero-order valence-corrected chi connectivity index (χ0v) is 14.7. The third kappa shape index (κ3) is 4.02. The van der Waals surface area contributed by atoms with Crippen LogP contribution in [0.4, 0.5) is 0 Å². The first-order valence-electron chi connectivity index (χ1n) is 6.68. The Morgan fingerprint density at radius 3 is 1.05 bits per heavy atom. The van der Waals surface area contributed by atoms with Gasteiger partial charge in [-0.25, -0.2) is 0 Å². The van der Waals surface area contributed by atoms with Crippen LogP contribution in [0.5, 0.6) is 0 Å². The molecule has 0 aromatic carbocycles. The average Bonchev–Trinajstić information content (AvgIpc) is 2.49. The molecule has 0 atom stereocenters. The molecule has 1 aliphatic heterocycles. The van der Waals surface area contributed by atoms with Crippen LogP contribution in [0.3, 0.4) is 0 Å². The summed E-state index contributed by atoms with van der Waals surface area (Å²) in [4.78, 5) is 12.8. The van der Waals surface area contributed by atoms with Crippen molar-refractivity contribution in [2.24, 2.45) is 14.7 Å². The first kappa shape index (κ1) is 18.5. The van der Waals surface area contributed by atoms with Crippen molar-refractivity contribution < 1.29 is 0 Å². The molecule has 0 unspecified atom stereocenters. The van der Waals surface area contributed by atoms with Gasteiger partial charge in [0.1, 0.15) is 0 Å². The highest BCUT2D eigenvalue weighted by atomic mass is 32.1. The van der Waals surface area contributed by atoms with Crippen molar-refractivity contribution in [3.8, 4) is 0 Å². The Labute approximate surface area is 142 Å². The van der Waals surface area contributed by atoms with Crippen LogP contribution in [0.2, 0.25) is 0 Å². The fourth-order valence-electron chi connectivity index (χ4n) is 2.50. The maximum Gasteiger partial charge on any atom is 0.448 e. The molecular formula is C9H15B3N6S3. The van der Waals surface area contributed by atoms with E-state index in [9.17, 15) is 0 Å². The normalized spacial score (nSPS) is 17.0. The lowest BCUT2D eigenvalue weighted by molar-refractivity contribution is 0.451. The number of nitrogens with zero attached hydrogens (tertiary/aromatic N) is 6. The summed E-state index contributed by atoms with van der Waals surface area (Å²) < 4.78 is 6.17. The number of isothiocyanates is 3. The summed E-state index contributed by atoms with van der Waals surface area (Å²) >= 11 is 14.3. The first-order chi connectivity index (χ1) is 10.2. The van der Waals surface area contributed by atoms with Crippen LogP contribution in [-0.2, 0) is 0 Å². The maximum absolute atomic E-state index is 4.78. The van der Waals surface area contributed by atoms with Crippen LogP contribution in [0.15, 0.2) is 14.7 Å². The smallest absolute Gasteiger partial charge is 0.313 e. The number of rotatable bonds is 6. The van der Waals surface area contributed by atoms with Crippen molar-refractivity contribution >= 4 is 73.5 Å². The summed E-state index contributed by atoms with van der Waals surface area (Å²) in [6, 6.07) is 0. The van der Waals surface area contributed by atoms with Crippen molar-refractivity contribution in [2.75, 3.05) is 19.6 Å². The minimum absolute atomic E-state index is 0.311. The Morgan fingerprint density at radius 2 is 0.905 bits per heavy atom. The molecule has 21 heavy (non-hydrogen) atoms. The van der Waals surface area contributed by atoms with Crippen molar-refractivity contribution in [3.63, 3.8) is 0 Å². The second-order valence-electron chi connectivity index (χ2n) is 4.19. The SMILES string of the molecule is CCN1B(N=C=S)N(CC)B(N=C=S)N(CC)B1N=C=S. The standard InChI is InChI=1S/C9H15B3N6S3/c1-4-16-10(13-7-19)17(5-2)12(15-9-21)18(6-3)11(16)14-8-20/h4-6H2,1-3H3. The Hall–Kier alpha value is -0.525. The Balaban J connectivity index is 3.40. The zero-order valence-electron chi connectivity index (χ0n) is 12.3. The molecule has 0 spiro atoms. The summed E-state index contributed by atoms with van der Waals surface area (Å²) in [5, 5.41) is 7.36. The van der Waals surface area contributed by atoms with E-state index in [1.165, 1.54) is 0 Å². The highest BCUT2D eigenvalue weighted by molar-refractivity contribution is 7.78. The van der Waals surface area contributed by atoms with E-state index in [0.717, 1.165) is 19.6 Å². The van der Waals surface area contributed by atoms with E-state index in [-0.39, 0.29) is 21.4 Å². The van der Waals surface area contributed by atoms with Gasteiger partial charge in [0.25, 0.3) is 0 Å². The zero-order chi connectivity index (χ0) is 15.8. The van der Waals surface area contributed by atoms with Gasteiger partial charge in [-0.3, -0.25) is 14.7 Å².